The minimum Gasteiger partial charge on any atom is -0.322 e. The van der Waals surface area contributed by atoms with Crippen LogP contribution in [-0.4, -0.2) is 26.3 Å². The van der Waals surface area contributed by atoms with Crippen molar-refractivity contribution in [3.63, 3.8) is 0 Å². The number of sulfone groups is 1. The van der Waals surface area contributed by atoms with Gasteiger partial charge in [-0.25, -0.2) is 8.42 Å². The average molecular weight is 381 g/mol. The molecule has 0 aromatic heterocycles. The van der Waals surface area contributed by atoms with Crippen LogP contribution in [0.25, 0.3) is 6.08 Å². The monoisotopic (exact) mass is 381 g/mol. The Balaban J connectivity index is 1.74. The van der Waals surface area contributed by atoms with Crippen LogP contribution < -0.4 is 5.32 Å². The van der Waals surface area contributed by atoms with E-state index in [9.17, 15) is 26.4 Å². The van der Waals surface area contributed by atoms with Crippen molar-refractivity contribution in [2.75, 3.05) is 11.1 Å². The second-order valence-electron chi connectivity index (χ2n) is 5.84. The van der Waals surface area contributed by atoms with Gasteiger partial charge in [-0.2, -0.15) is 13.2 Å². The number of rotatable bonds is 3. The van der Waals surface area contributed by atoms with Gasteiger partial charge in [-0.05, 0) is 41.8 Å². The highest BCUT2D eigenvalue weighted by Gasteiger charge is 2.26. The molecule has 1 heterocycles. The van der Waals surface area contributed by atoms with Gasteiger partial charge in [0.15, 0.2) is 9.84 Å². The second kappa shape index (κ2) is 6.60. The van der Waals surface area contributed by atoms with Gasteiger partial charge in [0.25, 0.3) is 5.91 Å². The Morgan fingerprint density at radius 3 is 2.42 bits per heavy atom. The van der Waals surface area contributed by atoms with Crippen molar-refractivity contribution >= 4 is 27.5 Å². The molecule has 0 unspecified atom stereocenters. The van der Waals surface area contributed by atoms with E-state index in [1.54, 1.807) is 12.1 Å². The summed E-state index contributed by atoms with van der Waals surface area (Å²) in [4.78, 5) is 12.5. The molecule has 0 fully saturated rings. The van der Waals surface area contributed by atoms with Crippen molar-refractivity contribution in [3.8, 4) is 0 Å². The number of benzene rings is 2. The van der Waals surface area contributed by atoms with E-state index in [1.165, 1.54) is 30.3 Å². The Labute approximate surface area is 148 Å². The molecular formula is C18H14F3NO3S. The van der Waals surface area contributed by atoms with Crippen LogP contribution in [0, 0.1) is 0 Å². The molecule has 1 aliphatic rings. The van der Waals surface area contributed by atoms with Gasteiger partial charge in [-0.1, -0.05) is 24.3 Å². The SMILES string of the molecule is O=C(Nc1ccc2c(c1)S(=O)(=O)CC2)c1ccc(/C=C/C(F)(F)F)cc1. The lowest BCUT2D eigenvalue weighted by atomic mass is 10.1. The molecule has 0 saturated heterocycles. The fourth-order valence-corrected chi connectivity index (χ4v) is 4.21. The maximum absolute atomic E-state index is 12.2. The molecule has 0 bridgehead atoms. The molecule has 0 saturated carbocycles. The molecule has 3 rings (SSSR count). The first-order valence-electron chi connectivity index (χ1n) is 7.67. The molecule has 136 valence electrons. The smallest absolute Gasteiger partial charge is 0.322 e. The van der Waals surface area contributed by atoms with Crippen LogP contribution >= 0.6 is 0 Å². The molecular weight excluding hydrogens is 367 g/mol. The lowest BCUT2D eigenvalue weighted by Crippen LogP contribution is -2.12. The molecule has 1 N–H and O–H groups in total. The predicted octanol–water partition coefficient (Wildman–Crippen LogP) is 3.84. The first kappa shape index (κ1) is 18.2. The minimum atomic E-state index is -4.40. The Hall–Kier alpha value is -2.61. The van der Waals surface area contributed by atoms with Crippen LogP contribution in [0.15, 0.2) is 53.4 Å². The van der Waals surface area contributed by atoms with Gasteiger partial charge < -0.3 is 5.32 Å². The Kier molecular flexibility index (Phi) is 4.62. The van der Waals surface area contributed by atoms with Crippen molar-refractivity contribution < 1.29 is 26.4 Å². The number of carbonyl (C=O) groups excluding carboxylic acids is 1. The predicted molar refractivity (Wildman–Crippen MR) is 91.7 cm³/mol. The maximum atomic E-state index is 12.2. The van der Waals surface area contributed by atoms with E-state index < -0.39 is 21.9 Å². The van der Waals surface area contributed by atoms with Crippen molar-refractivity contribution in [2.45, 2.75) is 17.5 Å². The number of halogens is 3. The second-order valence-corrected chi connectivity index (χ2v) is 7.92. The van der Waals surface area contributed by atoms with Crippen LogP contribution in [0.4, 0.5) is 18.9 Å². The van der Waals surface area contributed by atoms with E-state index in [0.717, 1.165) is 11.6 Å². The minimum absolute atomic E-state index is 0.0621. The number of fused-ring (bicyclic) bond motifs is 1. The summed E-state index contributed by atoms with van der Waals surface area (Å²) in [7, 11) is -3.30. The lowest BCUT2D eigenvalue weighted by molar-refractivity contribution is -0.0790. The third-order valence-electron chi connectivity index (χ3n) is 3.94. The number of hydrogen-bond donors (Lipinski definition) is 1. The number of hydrogen-bond acceptors (Lipinski definition) is 3. The Morgan fingerprint density at radius 1 is 1.08 bits per heavy atom. The number of nitrogens with one attached hydrogen (secondary N) is 1. The van der Waals surface area contributed by atoms with E-state index in [4.69, 9.17) is 0 Å². The zero-order valence-electron chi connectivity index (χ0n) is 13.4. The van der Waals surface area contributed by atoms with Crippen LogP contribution in [-0.2, 0) is 16.3 Å². The van der Waals surface area contributed by atoms with E-state index in [1.807, 2.05) is 0 Å². The normalized spacial score (nSPS) is 15.8. The average Bonchev–Trinajstić information content (AvgIpc) is 2.88. The lowest BCUT2D eigenvalue weighted by Gasteiger charge is -2.07. The van der Waals surface area contributed by atoms with Crippen LogP contribution in [0.5, 0.6) is 0 Å². The number of aryl methyl sites for hydroxylation is 1. The first-order valence-corrected chi connectivity index (χ1v) is 9.32. The van der Waals surface area contributed by atoms with Crippen LogP contribution in [0.1, 0.15) is 21.5 Å². The van der Waals surface area contributed by atoms with Gasteiger partial charge in [0.2, 0.25) is 0 Å². The van der Waals surface area contributed by atoms with Crippen molar-refractivity contribution in [2.24, 2.45) is 0 Å². The number of amides is 1. The number of allylic oxidation sites excluding steroid dienone is 1. The maximum Gasteiger partial charge on any atom is 0.409 e. The number of anilines is 1. The third kappa shape index (κ3) is 4.13. The van der Waals surface area contributed by atoms with E-state index >= 15 is 0 Å². The molecule has 26 heavy (non-hydrogen) atoms. The molecule has 0 spiro atoms. The summed E-state index contributed by atoms with van der Waals surface area (Å²) in [5.41, 5.74) is 1.63. The highest BCUT2D eigenvalue weighted by molar-refractivity contribution is 7.91. The first-order chi connectivity index (χ1) is 12.1. The molecule has 1 amide bonds. The third-order valence-corrected chi connectivity index (χ3v) is 5.73. The zero-order valence-corrected chi connectivity index (χ0v) is 14.2. The van der Waals surface area contributed by atoms with Crippen molar-refractivity contribution in [1.29, 1.82) is 0 Å². The van der Waals surface area contributed by atoms with E-state index in [2.05, 4.69) is 5.32 Å². The molecule has 8 heteroatoms. The van der Waals surface area contributed by atoms with Gasteiger partial charge in [-0.3, -0.25) is 4.79 Å². The molecule has 4 nitrogen and oxygen atoms in total. The Morgan fingerprint density at radius 2 is 1.77 bits per heavy atom. The highest BCUT2D eigenvalue weighted by Crippen LogP contribution is 2.28. The standard InChI is InChI=1S/C18H14F3NO3S/c19-18(20,21)9-7-12-1-3-14(4-2-12)17(23)22-15-6-5-13-8-10-26(24,25)16(13)11-15/h1-7,9,11H,8,10H2,(H,22,23)/b9-7+. The van der Waals surface area contributed by atoms with Gasteiger partial charge >= 0.3 is 6.18 Å². The van der Waals surface area contributed by atoms with Crippen molar-refractivity contribution in [1.82, 2.24) is 0 Å². The summed E-state index contributed by atoms with van der Waals surface area (Å²) < 4.78 is 60.3. The fourth-order valence-electron chi connectivity index (χ4n) is 2.62. The molecule has 1 aliphatic heterocycles. The van der Waals surface area contributed by atoms with Gasteiger partial charge in [-0.15, -0.1) is 0 Å². The summed E-state index contributed by atoms with van der Waals surface area (Å²) in [5.74, 6) is -0.418. The van der Waals surface area contributed by atoms with Gasteiger partial charge in [0.05, 0.1) is 10.6 Å². The van der Waals surface area contributed by atoms with Crippen LogP contribution in [0.2, 0.25) is 0 Å². The molecule has 0 aliphatic carbocycles. The quantitative estimate of drug-likeness (QED) is 0.879. The molecule has 0 atom stereocenters. The molecule has 2 aromatic rings. The largest absolute Gasteiger partial charge is 0.409 e. The van der Waals surface area contributed by atoms with E-state index in [0.29, 0.717) is 17.7 Å². The zero-order chi connectivity index (χ0) is 18.9. The van der Waals surface area contributed by atoms with E-state index in [-0.39, 0.29) is 22.3 Å². The van der Waals surface area contributed by atoms with Gasteiger partial charge in [0.1, 0.15) is 0 Å². The summed E-state index contributed by atoms with van der Waals surface area (Å²) >= 11 is 0. The van der Waals surface area contributed by atoms with Crippen molar-refractivity contribution in [3.05, 3.63) is 65.2 Å². The van der Waals surface area contributed by atoms with Crippen LogP contribution in [0.3, 0.4) is 0 Å². The Bertz CT molecular complexity index is 978. The molecule has 2 aromatic carbocycles. The summed E-state index contributed by atoms with van der Waals surface area (Å²) in [6, 6.07) is 10.3. The fraction of sp³-hybridized carbons (Fsp3) is 0.167. The topological polar surface area (TPSA) is 63.2 Å². The highest BCUT2D eigenvalue weighted by atomic mass is 32.2. The summed E-state index contributed by atoms with van der Waals surface area (Å²) in [6.07, 6.45) is -2.91. The van der Waals surface area contributed by atoms with Gasteiger partial charge in [0, 0.05) is 17.3 Å². The number of alkyl halides is 3. The number of carbonyl (C=O) groups is 1. The summed E-state index contributed by atoms with van der Waals surface area (Å²) in [5, 5.41) is 2.60. The summed E-state index contributed by atoms with van der Waals surface area (Å²) in [6.45, 7) is 0. The molecule has 0 radical (unpaired) electrons.